The van der Waals surface area contributed by atoms with Crippen LogP contribution < -0.4 is 0 Å². The first-order chi connectivity index (χ1) is 16.1. The monoisotopic (exact) mass is 506 g/mol. The summed E-state index contributed by atoms with van der Waals surface area (Å²) in [5, 5.41) is 0. The molecule has 35 heavy (non-hydrogen) atoms. The molecule has 0 rings (SSSR count). The first-order valence-electron chi connectivity index (χ1n) is 10.3. The van der Waals surface area contributed by atoms with E-state index in [1.54, 1.807) is 0 Å². The number of ether oxygens (including phenoxy) is 7. The molecule has 0 saturated carbocycles. The predicted octanol–water partition coefficient (Wildman–Crippen LogP) is -0.229. The minimum absolute atomic E-state index is 0.653. The summed E-state index contributed by atoms with van der Waals surface area (Å²) >= 11 is 0. The van der Waals surface area contributed by atoms with E-state index in [4.69, 9.17) is 33.2 Å². The number of carbonyl (C=O) groups excluding carboxylic acids is 7. The largest absolute Gasteiger partial charge is 0.462 e. The van der Waals surface area contributed by atoms with Crippen LogP contribution in [-0.4, -0.2) is 85.5 Å². The SMILES string of the molecule is CC(=O)OC[C@@H](OC(C)=O)[C@H](OC(C)=O)C(OC(C)=O)[C@H](OC(C)=O)[C@@H](COC(C)=O)OC(C)=O. The Kier molecular flexibility index (Phi) is 13.6. The van der Waals surface area contributed by atoms with Crippen LogP contribution in [0.1, 0.15) is 48.5 Å². The fourth-order valence-electron chi connectivity index (χ4n) is 2.82. The van der Waals surface area contributed by atoms with Crippen molar-refractivity contribution in [3.05, 3.63) is 0 Å². The van der Waals surface area contributed by atoms with E-state index in [0.717, 1.165) is 48.5 Å². The number of carbonyl (C=O) groups is 7. The van der Waals surface area contributed by atoms with Gasteiger partial charge in [-0.1, -0.05) is 0 Å². The predicted molar refractivity (Wildman–Crippen MR) is 111 cm³/mol. The topological polar surface area (TPSA) is 184 Å². The molecular formula is C21H30O14. The molecule has 14 heteroatoms. The molecule has 0 aromatic heterocycles. The quantitative estimate of drug-likeness (QED) is 0.236. The molecule has 0 aliphatic heterocycles. The standard InChI is InChI=1S/C21H30O14/c1-10(22)29-8-17(31-12(3)24)19(33-14(5)26)21(35-16(7)28)20(34-15(6)27)18(32-13(4)25)9-30-11(2)23/h17-21H,8-9H2,1-7H3/t17-,18-,19-,20+,21?/m1/s1. The fourth-order valence-corrected chi connectivity index (χ4v) is 2.82. The van der Waals surface area contributed by atoms with Gasteiger partial charge in [0.05, 0.1) is 0 Å². The molecule has 0 aliphatic rings. The first kappa shape index (κ1) is 31.3. The van der Waals surface area contributed by atoms with Crippen molar-refractivity contribution in [3.63, 3.8) is 0 Å². The zero-order valence-corrected chi connectivity index (χ0v) is 20.5. The third kappa shape index (κ3) is 13.6. The third-order valence-electron chi connectivity index (χ3n) is 3.82. The molecule has 0 amide bonds. The maximum atomic E-state index is 12.0. The smallest absolute Gasteiger partial charge is 0.303 e. The van der Waals surface area contributed by atoms with Gasteiger partial charge in [0, 0.05) is 48.5 Å². The number of hydrogen-bond acceptors (Lipinski definition) is 14. The van der Waals surface area contributed by atoms with Gasteiger partial charge in [0.25, 0.3) is 0 Å². The molecule has 0 aromatic carbocycles. The molecule has 14 nitrogen and oxygen atoms in total. The normalized spacial score (nSPS) is 14.6. The molecule has 0 aromatic rings. The average molecular weight is 506 g/mol. The highest BCUT2D eigenvalue weighted by Crippen LogP contribution is 2.24. The van der Waals surface area contributed by atoms with Crippen molar-refractivity contribution in [1.82, 2.24) is 0 Å². The van der Waals surface area contributed by atoms with E-state index >= 15 is 0 Å². The van der Waals surface area contributed by atoms with Gasteiger partial charge >= 0.3 is 41.8 Å². The van der Waals surface area contributed by atoms with Crippen LogP contribution in [0.4, 0.5) is 0 Å². The lowest BCUT2D eigenvalue weighted by atomic mass is 9.98. The molecule has 0 heterocycles. The lowest BCUT2D eigenvalue weighted by Gasteiger charge is -2.37. The van der Waals surface area contributed by atoms with Crippen molar-refractivity contribution in [3.8, 4) is 0 Å². The van der Waals surface area contributed by atoms with Gasteiger partial charge < -0.3 is 33.2 Å². The van der Waals surface area contributed by atoms with Crippen LogP contribution in [0, 0.1) is 0 Å². The molecule has 0 saturated heterocycles. The minimum Gasteiger partial charge on any atom is -0.462 e. The van der Waals surface area contributed by atoms with Crippen molar-refractivity contribution in [2.75, 3.05) is 13.2 Å². The van der Waals surface area contributed by atoms with Crippen molar-refractivity contribution >= 4 is 41.8 Å². The van der Waals surface area contributed by atoms with Gasteiger partial charge in [-0.05, 0) is 0 Å². The van der Waals surface area contributed by atoms with Crippen molar-refractivity contribution < 1.29 is 66.7 Å². The van der Waals surface area contributed by atoms with Gasteiger partial charge in [-0.25, -0.2) is 0 Å². The molecule has 0 aliphatic carbocycles. The summed E-state index contributed by atoms with van der Waals surface area (Å²) in [5.74, 6) is -6.19. The minimum atomic E-state index is -1.79. The Bertz CT molecular complexity index is 746. The van der Waals surface area contributed by atoms with E-state index in [0.29, 0.717) is 0 Å². The maximum absolute atomic E-state index is 12.0. The Morgan fingerprint density at radius 3 is 0.886 bits per heavy atom. The Morgan fingerprint density at radius 1 is 0.400 bits per heavy atom. The molecule has 0 bridgehead atoms. The second-order valence-electron chi connectivity index (χ2n) is 7.12. The summed E-state index contributed by atoms with van der Waals surface area (Å²) < 4.78 is 35.7. The molecule has 0 radical (unpaired) electrons. The Labute approximate surface area is 201 Å². The molecule has 5 atom stereocenters. The van der Waals surface area contributed by atoms with Gasteiger partial charge in [0.1, 0.15) is 13.2 Å². The van der Waals surface area contributed by atoms with Crippen LogP contribution in [0.2, 0.25) is 0 Å². The average Bonchev–Trinajstić information content (AvgIpc) is 2.68. The van der Waals surface area contributed by atoms with Crippen molar-refractivity contribution in [1.29, 1.82) is 0 Å². The number of rotatable bonds is 13. The summed E-state index contributed by atoms with van der Waals surface area (Å²) in [6.45, 7) is 5.78. The van der Waals surface area contributed by atoms with E-state index in [2.05, 4.69) is 0 Å². The van der Waals surface area contributed by atoms with E-state index < -0.39 is 85.5 Å². The van der Waals surface area contributed by atoms with Gasteiger partial charge in [0.2, 0.25) is 0 Å². The second kappa shape index (κ2) is 15.2. The van der Waals surface area contributed by atoms with E-state index in [9.17, 15) is 33.6 Å². The van der Waals surface area contributed by atoms with E-state index in [-0.39, 0.29) is 0 Å². The van der Waals surface area contributed by atoms with Crippen LogP contribution in [0.15, 0.2) is 0 Å². The van der Waals surface area contributed by atoms with Crippen molar-refractivity contribution in [2.24, 2.45) is 0 Å². The highest BCUT2D eigenvalue weighted by atomic mass is 16.7. The first-order valence-corrected chi connectivity index (χ1v) is 10.3. The molecule has 0 N–H and O–H groups in total. The lowest BCUT2D eigenvalue weighted by molar-refractivity contribution is -0.216. The Morgan fingerprint density at radius 2 is 0.657 bits per heavy atom. The zero-order valence-electron chi connectivity index (χ0n) is 20.5. The second-order valence-corrected chi connectivity index (χ2v) is 7.12. The van der Waals surface area contributed by atoms with Gasteiger partial charge in [-0.15, -0.1) is 0 Å². The molecule has 198 valence electrons. The molecule has 1 unspecified atom stereocenters. The third-order valence-corrected chi connectivity index (χ3v) is 3.82. The van der Waals surface area contributed by atoms with Crippen LogP contribution in [0.25, 0.3) is 0 Å². The van der Waals surface area contributed by atoms with Crippen LogP contribution in [-0.2, 0) is 66.7 Å². The van der Waals surface area contributed by atoms with Gasteiger partial charge in [-0.3, -0.25) is 33.6 Å². The lowest BCUT2D eigenvalue weighted by Crippen LogP contribution is -2.57. The van der Waals surface area contributed by atoms with E-state index in [1.165, 1.54) is 0 Å². The summed E-state index contributed by atoms with van der Waals surface area (Å²) in [7, 11) is 0. The van der Waals surface area contributed by atoms with Crippen LogP contribution in [0.3, 0.4) is 0 Å². The van der Waals surface area contributed by atoms with Gasteiger partial charge in [-0.2, -0.15) is 0 Å². The van der Waals surface area contributed by atoms with Crippen molar-refractivity contribution in [2.45, 2.75) is 79.0 Å². The summed E-state index contributed by atoms with van der Waals surface area (Å²) in [6, 6.07) is 0. The molecule has 0 fully saturated rings. The number of hydrogen-bond donors (Lipinski definition) is 0. The van der Waals surface area contributed by atoms with Gasteiger partial charge in [0.15, 0.2) is 30.5 Å². The van der Waals surface area contributed by atoms with E-state index in [1.807, 2.05) is 0 Å². The summed E-state index contributed by atoms with van der Waals surface area (Å²) in [4.78, 5) is 81.9. The molecule has 0 spiro atoms. The Balaban J connectivity index is 6.75. The molecular weight excluding hydrogens is 476 g/mol. The zero-order chi connectivity index (χ0) is 27.3. The number of esters is 7. The highest BCUT2D eigenvalue weighted by molar-refractivity contribution is 5.70. The van der Waals surface area contributed by atoms with Crippen LogP contribution in [0.5, 0.6) is 0 Å². The summed E-state index contributed by atoms with van der Waals surface area (Å²) in [6.07, 6.45) is -8.39. The Hall–Kier alpha value is -3.71. The van der Waals surface area contributed by atoms with Crippen LogP contribution >= 0.6 is 0 Å². The maximum Gasteiger partial charge on any atom is 0.303 e. The highest BCUT2D eigenvalue weighted by Gasteiger charge is 2.48. The summed E-state index contributed by atoms with van der Waals surface area (Å²) in [5.41, 5.74) is 0. The fraction of sp³-hybridized carbons (Fsp3) is 0.667.